The molecule has 0 fully saturated rings. The maximum absolute atomic E-state index is 11.2. The molecule has 0 saturated heterocycles. The number of Topliss-reactive ketones (excluding diaryl/α,β-unsaturated/α-hetero) is 3. The van der Waals surface area contributed by atoms with Crippen molar-refractivity contribution < 1.29 is 38.9 Å². The lowest BCUT2D eigenvalue weighted by Gasteiger charge is -2.08. The number of halogens is 10. The summed E-state index contributed by atoms with van der Waals surface area (Å²) in [5.74, 6) is -1.54. The van der Waals surface area contributed by atoms with Crippen molar-refractivity contribution in [2.45, 2.75) is 20.8 Å². The number of carboxylic acids is 1. The first-order valence-corrected chi connectivity index (χ1v) is 19.2. The third-order valence-electron chi connectivity index (χ3n) is 6.63. The van der Waals surface area contributed by atoms with E-state index in [1.165, 1.54) is 59.3 Å². The molecular weight excluding hydrogens is 951 g/mol. The lowest BCUT2D eigenvalue weighted by atomic mass is 10.1. The Morgan fingerprint density at radius 2 is 0.772 bits per heavy atom. The number of methoxy groups -OCH3 is 2. The molecule has 5 aromatic carbocycles. The van der Waals surface area contributed by atoms with Gasteiger partial charge in [-0.25, -0.2) is 4.79 Å². The Balaban J connectivity index is 0.000000359. The third-order valence-corrected chi connectivity index (χ3v) is 9.55. The lowest BCUT2D eigenvalue weighted by molar-refractivity contribution is 0.0692. The second-order valence-electron chi connectivity index (χ2n) is 10.7. The quantitative estimate of drug-likeness (QED) is 0.161. The second-order valence-corrected chi connectivity index (χ2v) is 14.8. The Labute approximate surface area is 378 Å². The first kappa shape index (κ1) is 51.9. The highest BCUT2D eigenvalue weighted by Crippen LogP contribution is 2.35. The largest absolute Gasteiger partial charge is 0.506 e. The number of carboxylic acid groups (broad SMARTS) is 1. The minimum absolute atomic E-state index is 0.0718. The first-order valence-electron chi connectivity index (χ1n) is 15.4. The number of ketones is 3. The predicted molar refractivity (Wildman–Crippen MR) is 234 cm³/mol. The summed E-state index contributed by atoms with van der Waals surface area (Å²) in [7, 11) is 2.79. The number of carbonyl (C=O) groups excluding carboxylic acids is 3. The van der Waals surface area contributed by atoms with Crippen molar-refractivity contribution in [3.05, 3.63) is 151 Å². The fraction of sp³-hybridized carbons (Fsp3) is 0.128. The van der Waals surface area contributed by atoms with Crippen LogP contribution in [-0.4, -0.2) is 47.8 Å². The molecule has 5 rings (SSSR count). The molecule has 5 aromatic rings. The van der Waals surface area contributed by atoms with Gasteiger partial charge in [-0.05, 0) is 99.6 Å². The summed E-state index contributed by atoms with van der Waals surface area (Å²) in [5.41, 5.74) is 0.761. The van der Waals surface area contributed by atoms with Crippen molar-refractivity contribution >= 4 is 139 Å². The average molecular weight is 981 g/mol. The van der Waals surface area contributed by atoms with Gasteiger partial charge in [-0.2, -0.15) is 0 Å². The van der Waals surface area contributed by atoms with Gasteiger partial charge in [-0.1, -0.05) is 116 Å². The number of aromatic hydroxyl groups is 1. The van der Waals surface area contributed by atoms with Crippen LogP contribution < -0.4 is 9.47 Å². The summed E-state index contributed by atoms with van der Waals surface area (Å²) < 4.78 is 9.80. The van der Waals surface area contributed by atoms with Gasteiger partial charge in [0.15, 0.2) is 23.1 Å². The molecule has 18 heteroatoms. The molecule has 0 aliphatic rings. The van der Waals surface area contributed by atoms with Gasteiger partial charge in [0, 0.05) is 20.6 Å². The molecule has 8 nitrogen and oxygen atoms in total. The molecule has 0 amide bonds. The van der Waals surface area contributed by atoms with Crippen molar-refractivity contribution in [2.75, 3.05) is 14.2 Å². The fourth-order valence-electron chi connectivity index (χ4n) is 4.07. The Bertz CT molecular complexity index is 2120. The molecule has 0 unspecified atom stereocenters. The number of hydrogen-bond donors (Lipinski definition) is 2. The van der Waals surface area contributed by atoms with Gasteiger partial charge in [-0.15, -0.1) is 0 Å². The van der Waals surface area contributed by atoms with Gasteiger partial charge in [0.05, 0.1) is 60.5 Å². The molecule has 57 heavy (non-hydrogen) atoms. The van der Waals surface area contributed by atoms with Gasteiger partial charge in [0.2, 0.25) is 0 Å². The van der Waals surface area contributed by atoms with E-state index in [-0.39, 0.29) is 60.1 Å². The highest BCUT2D eigenvalue weighted by Gasteiger charge is 2.18. The Morgan fingerprint density at radius 1 is 0.439 bits per heavy atom. The van der Waals surface area contributed by atoms with Crippen LogP contribution in [0.3, 0.4) is 0 Å². The van der Waals surface area contributed by atoms with Gasteiger partial charge in [-0.3, -0.25) is 14.4 Å². The van der Waals surface area contributed by atoms with Crippen LogP contribution in [0.2, 0.25) is 50.2 Å². The SMILES string of the molecule is CC(=O)c1c(Cl)ccc(Cl)c1O.CC(=O)c1cc(Cl)ccc1Cl.COc1c(Cl)ccc(Cl)c1C(=O)O.COc1c(Cl)ccc(Cl)c1C(C)=O.Clc1ccc(Cl)cc1. The van der Waals surface area contributed by atoms with Crippen LogP contribution in [0, 0.1) is 0 Å². The van der Waals surface area contributed by atoms with Gasteiger partial charge in [0.25, 0.3) is 0 Å². The number of aromatic carboxylic acids is 1. The van der Waals surface area contributed by atoms with Crippen LogP contribution in [0.4, 0.5) is 0 Å². The number of benzene rings is 5. The molecule has 0 heterocycles. The van der Waals surface area contributed by atoms with E-state index in [1.807, 2.05) is 0 Å². The van der Waals surface area contributed by atoms with E-state index >= 15 is 0 Å². The predicted octanol–water partition coefficient (Wildman–Crippen LogP) is 15.0. The average Bonchev–Trinajstić information content (AvgIpc) is 3.14. The van der Waals surface area contributed by atoms with Gasteiger partial charge < -0.3 is 19.7 Å². The molecule has 0 aromatic heterocycles. The van der Waals surface area contributed by atoms with Gasteiger partial charge >= 0.3 is 5.97 Å². The molecular formula is C39H30Cl10O8. The summed E-state index contributed by atoms with van der Waals surface area (Å²) in [6.07, 6.45) is 0. The first-order chi connectivity index (χ1) is 26.6. The van der Waals surface area contributed by atoms with Crippen LogP contribution in [0.1, 0.15) is 62.2 Å². The fourth-order valence-corrected chi connectivity index (χ4v) is 6.16. The topological polar surface area (TPSA) is 127 Å². The standard InChI is InChI=1S/C9H8Cl2O2.C8H6Cl2O3.C8H6Cl2O2.C8H6Cl2O.C6H4Cl2/c1-5(12)8-6(10)3-4-7(11)9(8)13-2;1-13-7-5(10)3-2-4(9)6(7)8(11)12;1-4(11)7-5(9)2-3-6(10)8(7)12;1-5(11)7-4-6(9)2-3-8(7)10;7-5-1-2-6(8)4-3-5/h3-4H,1-2H3;2-3H,1H3,(H,11,12);2-3,12H,1H3;2-4H,1H3;1-4H. The number of phenols is 1. The molecule has 0 bridgehead atoms. The lowest BCUT2D eigenvalue weighted by Crippen LogP contribution is -2.01. The van der Waals surface area contributed by atoms with Crippen molar-refractivity contribution in [2.24, 2.45) is 0 Å². The zero-order valence-corrected chi connectivity index (χ0v) is 37.7. The molecule has 2 N–H and O–H groups in total. The second kappa shape index (κ2) is 25.4. The van der Waals surface area contributed by atoms with Crippen LogP contribution in [0.5, 0.6) is 17.2 Å². The molecule has 304 valence electrons. The smallest absolute Gasteiger partial charge is 0.341 e. The Hall–Kier alpha value is -3.12. The summed E-state index contributed by atoms with van der Waals surface area (Å²) in [6.45, 7) is 4.19. The van der Waals surface area contributed by atoms with E-state index < -0.39 is 5.97 Å². The van der Waals surface area contributed by atoms with E-state index in [4.69, 9.17) is 131 Å². The van der Waals surface area contributed by atoms with Crippen molar-refractivity contribution in [1.29, 1.82) is 0 Å². The minimum Gasteiger partial charge on any atom is -0.506 e. The van der Waals surface area contributed by atoms with E-state index in [2.05, 4.69) is 0 Å². The van der Waals surface area contributed by atoms with E-state index in [0.717, 1.165) is 10.0 Å². The van der Waals surface area contributed by atoms with E-state index in [1.54, 1.807) is 54.6 Å². The summed E-state index contributed by atoms with van der Waals surface area (Å²) in [4.78, 5) is 43.7. The zero-order valence-electron chi connectivity index (χ0n) is 30.1. The normalized spacial score (nSPS) is 9.74. The molecule has 0 atom stereocenters. The molecule has 0 aliphatic carbocycles. The number of carbonyl (C=O) groups is 4. The monoisotopic (exact) mass is 976 g/mol. The summed E-state index contributed by atoms with van der Waals surface area (Å²) in [5, 5.41) is 21.9. The molecule has 0 aliphatic heterocycles. The summed E-state index contributed by atoms with van der Waals surface area (Å²) >= 11 is 56.7. The number of hydrogen-bond acceptors (Lipinski definition) is 7. The van der Waals surface area contributed by atoms with Crippen LogP contribution in [0.15, 0.2) is 78.9 Å². The molecule has 0 radical (unpaired) electrons. The number of rotatable bonds is 6. The maximum atomic E-state index is 11.2. The number of ether oxygens (including phenoxy) is 2. The van der Waals surface area contributed by atoms with Crippen LogP contribution in [-0.2, 0) is 0 Å². The minimum atomic E-state index is -1.16. The molecule has 0 spiro atoms. The third kappa shape index (κ3) is 16.6. The van der Waals surface area contributed by atoms with Crippen molar-refractivity contribution in [1.82, 2.24) is 0 Å². The zero-order chi connectivity index (χ0) is 43.7. The summed E-state index contributed by atoms with van der Waals surface area (Å²) in [6, 6.07) is 20.8. The van der Waals surface area contributed by atoms with Crippen LogP contribution in [0.25, 0.3) is 0 Å². The molecule has 0 saturated carbocycles. The maximum Gasteiger partial charge on any atom is 0.341 e. The highest BCUT2D eigenvalue weighted by molar-refractivity contribution is 6.39. The Kier molecular flexibility index (Phi) is 23.1. The Morgan fingerprint density at radius 3 is 1.09 bits per heavy atom. The van der Waals surface area contributed by atoms with E-state index in [0.29, 0.717) is 37.0 Å². The number of phenolic OH excluding ortho intramolecular Hbond substituents is 1. The van der Waals surface area contributed by atoms with Crippen LogP contribution >= 0.6 is 116 Å². The van der Waals surface area contributed by atoms with Crippen molar-refractivity contribution in [3.8, 4) is 17.2 Å². The van der Waals surface area contributed by atoms with Crippen molar-refractivity contribution in [3.63, 3.8) is 0 Å². The van der Waals surface area contributed by atoms with E-state index in [9.17, 15) is 24.3 Å². The van der Waals surface area contributed by atoms with Gasteiger partial charge in [0.1, 0.15) is 17.1 Å². The highest BCUT2D eigenvalue weighted by atomic mass is 35.5.